The first kappa shape index (κ1) is 11.4. The van der Waals surface area contributed by atoms with Crippen molar-refractivity contribution in [3.8, 4) is 5.75 Å². The quantitative estimate of drug-likeness (QED) is 0.817. The van der Waals surface area contributed by atoms with Crippen LogP contribution < -0.4 is 4.74 Å². The third-order valence-electron chi connectivity index (χ3n) is 2.79. The molecule has 0 unspecified atom stereocenters. The summed E-state index contributed by atoms with van der Waals surface area (Å²) in [6.07, 6.45) is 2.14. The SMILES string of the molecule is O=C(O)c1ccc(C(=O)O)c2c1CCCCO2. The zero-order chi connectivity index (χ0) is 12.4. The van der Waals surface area contributed by atoms with Gasteiger partial charge < -0.3 is 14.9 Å². The molecule has 0 fully saturated rings. The molecule has 5 heteroatoms. The van der Waals surface area contributed by atoms with Gasteiger partial charge in [-0.15, -0.1) is 0 Å². The van der Waals surface area contributed by atoms with Crippen molar-refractivity contribution in [1.82, 2.24) is 0 Å². The van der Waals surface area contributed by atoms with E-state index >= 15 is 0 Å². The molecule has 1 aliphatic heterocycles. The van der Waals surface area contributed by atoms with Crippen LogP contribution in [0.3, 0.4) is 0 Å². The van der Waals surface area contributed by atoms with Crippen LogP contribution in [0.25, 0.3) is 0 Å². The number of aromatic carboxylic acids is 2. The summed E-state index contributed by atoms with van der Waals surface area (Å²) in [6, 6.07) is 2.62. The van der Waals surface area contributed by atoms with Crippen LogP contribution in [0.1, 0.15) is 39.1 Å². The van der Waals surface area contributed by atoms with Crippen LogP contribution in [0.5, 0.6) is 5.75 Å². The Morgan fingerprint density at radius 1 is 1.06 bits per heavy atom. The van der Waals surface area contributed by atoms with Crippen molar-refractivity contribution in [2.24, 2.45) is 0 Å². The molecule has 17 heavy (non-hydrogen) atoms. The Bertz CT molecular complexity index is 435. The minimum absolute atomic E-state index is 0.0342. The second kappa shape index (κ2) is 4.45. The van der Waals surface area contributed by atoms with E-state index in [1.165, 1.54) is 12.1 Å². The maximum absolute atomic E-state index is 11.1. The highest BCUT2D eigenvalue weighted by Gasteiger charge is 2.23. The van der Waals surface area contributed by atoms with Gasteiger partial charge in [-0.3, -0.25) is 0 Å². The Balaban J connectivity index is 2.62. The van der Waals surface area contributed by atoms with Crippen LogP contribution in [0.15, 0.2) is 12.1 Å². The third kappa shape index (κ3) is 2.08. The molecule has 0 radical (unpaired) electrons. The molecule has 1 heterocycles. The summed E-state index contributed by atoms with van der Waals surface area (Å²) in [6.45, 7) is 0.427. The zero-order valence-corrected chi connectivity index (χ0v) is 9.10. The summed E-state index contributed by atoms with van der Waals surface area (Å²) >= 11 is 0. The fourth-order valence-electron chi connectivity index (χ4n) is 1.99. The van der Waals surface area contributed by atoms with E-state index in [9.17, 15) is 9.59 Å². The molecule has 0 bridgehead atoms. The van der Waals surface area contributed by atoms with Crippen molar-refractivity contribution in [2.75, 3.05) is 6.61 Å². The second-order valence-electron chi connectivity index (χ2n) is 3.88. The minimum Gasteiger partial charge on any atom is -0.492 e. The highest BCUT2D eigenvalue weighted by Crippen LogP contribution is 2.31. The van der Waals surface area contributed by atoms with Crippen LogP contribution in [-0.4, -0.2) is 28.8 Å². The molecular weight excluding hydrogens is 224 g/mol. The molecule has 0 aliphatic carbocycles. The Labute approximate surface area is 97.6 Å². The normalized spacial score (nSPS) is 14.4. The summed E-state index contributed by atoms with van der Waals surface area (Å²) in [4.78, 5) is 22.1. The summed E-state index contributed by atoms with van der Waals surface area (Å²) in [5.74, 6) is -1.93. The number of carbonyl (C=O) groups is 2. The van der Waals surface area contributed by atoms with Crippen molar-refractivity contribution in [3.05, 3.63) is 28.8 Å². The van der Waals surface area contributed by atoms with Gasteiger partial charge in [0.1, 0.15) is 11.3 Å². The molecule has 1 aromatic rings. The number of ether oxygens (including phenoxy) is 1. The minimum atomic E-state index is -1.10. The predicted molar refractivity (Wildman–Crippen MR) is 58.8 cm³/mol. The molecule has 90 valence electrons. The number of carboxylic acids is 2. The average molecular weight is 236 g/mol. The van der Waals surface area contributed by atoms with E-state index in [2.05, 4.69) is 0 Å². The van der Waals surface area contributed by atoms with Gasteiger partial charge in [0.15, 0.2) is 0 Å². The van der Waals surface area contributed by atoms with Gasteiger partial charge >= 0.3 is 11.9 Å². The van der Waals surface area contributed by atoms with E-state index in [0.29, 0.717) is 18.6 Å². The van der Waals surface area contributed by atoms with Crippen LogP contribution in [0.2, 0.25) is 0 Å². The Morgan fingerprint density at radius 3 is 2.35 bits per heavy atom. The molecule has 2 rings (SSSR count). The van der Waals surface area contributed by atoms with Crippen LogP contribution >= 0.6 is 0 Å². The molecule has 0 saturated heterocycles. The number of hydrogen-bond donors (Lipinski definition) is 2. The summed E-state index contributed by atoms with van der Waals surface area (Å²) in [7, 11) is 0. The number of hydrogen-bond acceptors (Lipinski definition) is 3. The lowest BCUT2D eigenvalue weighted by Crippen LogP contribution is -2.09. The predicted octanol–water partition coefficient (Wildman–Crippen LogP) is 1.80. The smallest absolute Gasteiger partial charge is 0.339 e. The number of benzene rings is 1. The van der Waals surface area contributed by atoms with E-state index in [0.717, 1.165) is 12.8 Å². The van der Waals surface area contributed by atoms with Gasteiger partial charge in [0.05, 0.1) is 12.2 Å². The first-order chi connectivity index (χ1) is 8.11. The topological polar surface area (TPSA) is 83.8 Å². The molecule has 0 aromatic heterocycles. The van der Waals surface area contributed by atoms with Crippen molar-refractivity contribution in [1.29, 1.82) is 0 Å². The first-order valence-electron chi connectivity index (χ1n) is 5.36. The Hall–Kier alpha value is -2.04. The van der Waals surface area contributed by atoms with Crippen molar-refractivity contribution in [3.63, 3.8) is 0 Å². The van der Waals surface area contributed by atoms with Crippen LogP contribution in [0, 0.1) is 0 Å². The van der Waals surface area contributed by atoms with Crippen LogP contribution in [0.4, 0.5) is 0 Å². The highest BCUT2D eigenvalue weighted by atomic mass is 16.5. The van der Waals surface area contributed by atoms with E-state index in [1.807, 2.05) is 0 Å². The Kier molecular flexibility index (Phi) is 2.99. The molecule has 0 saturated carbocycles. The molecule has 5 nitrogen and oxygen atoms in total. The number of rotatable bonds is 2. The second-order valence-corrected chi connectivity index (χ2v) is 3.88. The van der Waals surface area contributed by atoms with E-state index < -0.39 is 11.9 Å². The number of carboxylic acid groups (broad SMARTS) is 2. The lowest BCUT2D eigenvalue weighted by Gasteiger charge is -2.12. The first-order valence-corrected chi connectivity index (χ1v) is 5.36. The highest BCUT2D eigenvalue weighted by molar-refractivity contribution is 5.96. The molecule has 1 aromatic carbocycles. The molecular formula is C12H12O5. The van der Waals surface area contributed by atoms with Crippen molar-refractivity contribution >= 4 is 11.9 Å². The molecule has 1 aliphatic rings. The van der Waals surface area contributed by atoms with E-state index in [4.69, 9.17) is 14.9 Å². The molecule has 0 amide bonds. The van der Waals surface area contributed by atoms with Gasteiger partial charge in [0, 0.05) is 5.56 Å². The number of fused-ring (bicyclic) bond motifs is 1. The zero-order valence-electron chi connectivity index (χ0n) is 9.10. The molecule has 0 atom stereocenters. The summed E-state index contributed by atoms with van der Waals surface area (Å²) in [5, 5.41) is 18.1. The maximum Gasteiger partial charge on any atom is 0.339 e. The lowest BCUT2D eigenvalue weighted by atomic mass is 9.98. The van der Waals surface area contributed by atoms with Gasteiger partial charge in [-0.05, 0) is 31.4 Å². The van der Waals surface area contributed by atoms with Gasteiger partial charge in [-0.1, -0.05) is 0 Å². The fourth-order valence-corrected chi connectivity index (χ4v) is 1.99. The fraction of sp³-hybridized carbons (Fsp3) is 0.333. The van der Waals surface area contributed by atoms with Gasteiger partial charge in [0.25, 0.3) is 0 Å². The molecule has 2 N–H and O–H groups in total. The molecule has 0 spiro atoms. The van der Waals surface area contributed by atoms with Gasteiger partial charge in [-0.2, -0.15) is 0 Å². The lowest BCUT2D eigenvalue weighted by molar-refractivity contribution is 0.0676. The Morgan fingerprint density at radius 2 is 1.71 bits per heavy atom. The van der Waals surface area contributed by atoms with E-state index in [1.54, 1.807) is 0 Å². The van der Waals surface area contributed by atoms with E-state index in [-0.39, 0.29) is 16.9 Å². The van der Waals surface area contributed by atoms with Gasteiger partial charge in [-0.25, -0.2) is 9.59 Å². The monoisotopic (exact) mass is 236 g/mol. The van der Waals surface area contributed by atoms with Crippen molar-refractivity contribution in [2.45, 2.75) is 19.3 Å². The maximum atomic E-state index is 11.1. The third-order valence-corrected chi connectivity index (χ3v) is 2.79. The summed E-state index contributed by atoms with van der Waals surface area (Å²) < 4.78 is 5.39. The van der Waals surface area contributed by atoms with Crippen molar-refractivity contribution < 1.29 is 24.5 Å². The van der Waals surface area contributed by atoms with Crippen LogP contribution in [-0.2, 0) is 6.42 Å². The average Bonchev–Trinajstić information content (AvgIpc) is 2.52. The largest absolute Gasteiger partial charge is 0.492 e. The van der Waals surface area contributed by atoms with Gasteiger partial charge in [0.2, 0.25) is 0 Å². The summed E-state index contributed by atoms with van der Waals surface area (Å²) in [5.41, 5.74) is 0.661. The standard InChI is InChI=1S/C12H12O5/c13-11(14)8-4-5-9(12(15)16)10-7(8)3-1-2-6-17-10/h4-5H,1-3,6H2,(H,13,14)(H,15,16).